The van der Waals surface area contributed by atoms with Crippen LogP contribution in [0.2, 0.25) is 0 Å². The maximum Gasteiger partial charge on any atom is 0.244 e. The summed E-state index contributed by atoms with van der Waals surface area (Å²) in [7, 11) is 0. The Morgan fingerprint density at radius 1 is 0.765 bits per heavy atom. The van der Waals surface area contributed by atoms with Crippen LogP contribution in [0.15, 0.2) is 48.5 Å². The Morgan fingerprint density at radius 3 is 1.59 bits per heavy atom. The molecule has 7 N–H and O–H groups in total. The van der Waals surface area contributed by atoms with Crippen molar-refractivity contribution in [3.8, 4) is 11.5 Å². The number of aromatic hydroxyl groups is 2. The van der Waals surface area contributed by atoms with E-state index >= 15 is 0 Å². The molecule has 0 unspecified atom stereocenters. The van der Waals surface area contributed by atoms with Crippen LogP contribution in [-0.2, 0) is 32.0 Å². The second-order valence-electron chi connectivity index (χ2n) is 7.70. The van der Waals surface area contributed by atoms with Crippen molar-refractivity contribution in [2.45, 2.75) is 37.9 Å². The Hall–Kier alpha value is -3.73. The normalized spacial score (nSPS) is 13.2. The monoisotopic (exact) mass is 488 g/mol. The van der Waals surface area contributed by atoms with E-state index in [1.54, 1.807) is 24.3 Å². The zero-order valence-electron chi connectivity index (χ0n) is 18.5. The van der Waals surface area contributed by atoms with Gasteiger partial charge in [0.25, 0.3) is 0 Å². The van der Waals surface area contributed by atoms with Crippen LogP contribution < -0.4 is 21.7 Å². The Bertz CT molecular complexity index is 1010. The number of phenols is 2. The Balaban J connectivity index is 2.21. The van der Waals surface area contributed by atoms with Crippen LogP contribution in [-0.4, -0.2) is 57.7 Å². The minimum Gasteiger partial charge on any atom is -0.508 e. The fraction of sp³-hybridized carbons (Fsp3) is 0.304. The molecule has 2 rings (SSSR count). The molecule has 0 spiro atoms. The van der Waals surface area contributed by atoms with Crippen molar-refractivity contribution in [2.75, 3.05) is 5.75 Å². The molecule has 0 heterocycles. The summed E-state index contributed by atoms with van der Waals surface area (Å²) in [4.78, 5) is 49.2. The molecule has 2 aromatic carbocycles. The molecule has 34 heavy (non-hydrogen) atoms. The molecule has 0 bridgehead atoms. The summed E-state index contributed by atoms with van der Waals surface area (Å²) in [5, 5.41) is 26.5. The van der Waals surface area contributed by atoms with Crippen LogP contribution in [0.3, 0.4) is 0 Å². The predicted molar refractivity (Wildman–Crippen MR) is 128 cm³/mol. The lowest BCUT2D eigenvalue weighted by Gasteiger charge is -2.24. The lowest BCUT2D eigenvalue weighted by molar-refractivity contribution is -0.132. The van der Waals surface area contributed by atoms with Gasteiger partial charge in [0.15, 0.2) is 0 Å². The maximum atomic E-state index is 13.1. The van der Waals surface area contributed by atoms with Crippen molar-refractivity contribution in [1.82, 2.24) is 16.0 Å². The topological polar surface area (TPSA) is 171 Å². The van der Waals surface area contributed by atoms with E-state index in [0.29, 0.717) is 11.1 Å². The van der Waals surface area contributed by atoms with Crippen LogP contribution in [0, 0.1) is 0 Å². The number of hydrogen-bond acceptors (Lipinski definition) is 7. The lowest BCUT2D eigenvalue weighted by atomic mass is 10.0. The van der Waals surface area contributed by atoms with Crippen molar-refractivity contribution in [2.24, 2.45) is 5.73 Å². The van der Waals surface area contributed by atoms with Crippen molar-refractivity contribution in [1.29, 1.82) is 0 Å². The molecule has 0 saturated heterocycles. The number of primary amides is 1. The summed E-state index contributed by atoms with van der Waals surface area (Å²) in [6, 6.07) is 8.98. The van der Waals surface area contributed by atoms with Gasteiger partial charge in [0.2, 0.25) is 23.6 Å². The van der Waals surface area contributed by atoms with Gasteiger partial charge in [-0.3, -0.25) is 19.2 Å². The average Bonchev–Trinajstić information content (AvgIpc) is 2.79. The van der Waals surface area contributed by atoms with Gasteiger partial charge in [-0.25, -0.2) is 0 Å². The van der Waals surface area contributed by atoms with Gasteiger partial charge in [0.05, 0.1) is 0 Å². The highest BCUT2D eigenvalue weighted by molar-refractivity contribution is 7.80. The number of benzene rings is 2. The molecule has 10 nitrogen and oxygen atoms in total. The molecule has 0 saturated carbocycles. The lowest BCUT2D eigenvalue weighted by Crippen LogP contribution is -2.57. The highest BCUT2D eigenvalue weighted by atomic mass is 32.1. The third kappa shape index (κ3) is 8.32. The maximum absolute atomic E-state index is 13.1. The zero-order chi connectivity index (χ0) is 25.3. The van der Waals surface area contributed by atoms with E-state index in [4.69, 9.17) is 5.73 Å². The van der Waals surface area contributed by atoms with Gasteiger partial charge < -0.3 is 31.9 Å². The summed E-state index contributed by atoms with van der Waals surface area (Å²) < 4.78 is 0. The van der Waals surface area contributed by atoms with E-state index in [9.17, 15) is 29.4 Å². The fourth-order valence-electron chi connectivity index (χ4n) is 3.15. The van der Waals surface area contributed by atoms with E-state index in [0.717, 1.165) is 0 Å². The number of thiol groups is 1. The Kier molecular flexibility index (Phi) is 9.75. The number of phenolic OH excluding ortho intramolecular Hbond substituents is 2. The van der Waals surface area contributed by atoms with Gasteiger partial charge in [-0.05, 0) is 35.4 Å². The summed E-state index contributed by atoms with van der Waals surface area (Å²) in [6.45, 7) is 1.26. The third-order valence-electron chi connectivity index (χ3n) is 4.92. The average molecular weight is 489 g/mol. The highest BCUT2D eigenvalue weighted by Gasteiger charge is 2.28. The molecule has 0 aliphatic carbocycles. The number of rotatable bonds is 11. The van der Waals surface area contributed by atoms with Crippen LogP contribution in [0.5, 0.6) is 11.5 Å². The molecular weight excluding hydrogens is 460 g/mol. The number of carbonyl (C=O) groups is 4. The van der Waals surface area contributed by atoms with Crippen LogP contribution in [0.1, 0.15) is 18.1 Å². The van der Waals surface area contributed by atoms with Gasteiger partial charge in [-0.1, -0.05) is 24.3 Å². The molecule has 0 fully saturated rings. The minimum atomic E-state index is -1.12. The largest absolute Gasteiger partial charge is 0.508 e. The van der Waals surface area contributed by atoms with Gasteiger partial charge >= 0.3 is 0 Å². The first-order valence-electron chi connectivity index (χ1n) is 10.4. The number of nitrogens with two attached hydrogens (primary N) is 1. The van der Waals surface area contributed by atoms with E-state index in [1.807, 2.05) is 0 Å². The smallest absolute Gasteiger partial charge is 0.244 e. The number of amides is 4. The first-order valence-corrected chi connectivity index (χ1v) is 11.1. The number of nitrogens with one attached hydrogen (secondary N) is 3. The molecule has 2 aromatic rings. The van der Waals surface area contributed by atoms with Crippen molar-refractivity contribution < 1.29 is 29.4 Å². The molecule has 11 heteroatoms. The third-order valence-corrected chi connectivity index (χ3v) is 5.29. The van der Waals surface area contributed by atoms with Crippen LogP contribution in [0.4, 0.5) is 0 Å². The molecule has 0 aromatic heterocycles. The highest BCUT2D eigenvalue weighted by Crippen LogP contribution is 2.13. The second-order valence-corrected chi connectivity index (χ2v) is 8.07. The number of hydrogen-bond donors (Lipinski definition) is 7. The minimum absolute atomic E-state index is 0.00370. The van der Waals surface area contributed by atoms with E-state index in [2.05, 4.69) is 28.6 Å². The number of carbonyl (C=O) groups excluding carboxylic acids is 4. The van der Waals surface area contributed by atoms with Gasteiger partial charge in [-0.15, -0.1) is 0 Å². The summed E-state index contributed by atoms with van der Waals surface area (Å²) in [5.74, 6) is -2.40. The van der Waals surface area contributed by atoms with Gasteiger partial charge in [0, 0.05) is 25.5 Å². The van der Waals surface area contributed by atoms with Crippen LogP contribution >= 0.6 is 12.6 Å². The standard InChI is InChI=1S/C23H28N4O6S/c1-13(28)25-20(12-34)23(33)27-19(11-15-4-8-17(30)9-5-15)22(32)26-18(21(24)31)10-14-2-6-16(29)7-3-14/h2-9,18-20,29-30,34H,10-12H2,1H3,(H2,24,31)(H,25,28)(H,26,32)(H,27,33)/t18-,19-,20-/m0/s1. The quantitative estimate of drug-likeness (QED) is 0.215. The SMILES string of the molecule is CC(=O)N[C@@H](CS)C(=O)N[C@@H](Cc1ccc(O)cc1)C(=O)N[C@@H](Cc1ccc(O)cc1)C(N)=O. The molecule has 3 atom stereocenters. The van der Waals surface area contributed by atoms with Crippen molar-refractivity contribution in [3.05, 3.63) is 59.7 Å². The Morgan fingerprint density at radius 2 is 1.18 bits per heavy atom. The summed E-state index contributed by atoms with van der Waals surface area (Å²) in [5.41, 5.74) is 6.77. The predicted octanol–water partition coefficient (Wildman–Crippen LogP) is -0.228. The Labute approximate surface area is 202 Å². The molecule has 0 aliphatic heterocycles. The van der Waals surface area contributed by atoms with Crippen molar-refractivity contribution >= 4 is 36.3 Å². The fourth-order valence-corrected chi connectivity index (χ4v) is 3.41. The summed E-state index contributed by atoms with van der Waals surface area (Å²) >= 11 is 4.08. The molecule has 0 aliphatic rings. The van der Waals surface area contributed by atoms with E-state index < -0.39 is 41.8 Å². The first-order chi connectivity index (χ1) is 16.1. The van der Waals surface area contributed by atoms with Crippen LogP contribution in [0.25, 0.3) is 0 Å². The van der Waals surface area contributed by atoms with Crippen molar-refractivity contribution in [3.63, 3.8) is 0 Å². The zero-order valence-corrected chi connectivity index (χ0v) is 19.4. The summed E-state index contributed by atoms with van der Waals surface area (Å²) in [6.07, 6.45) is 0.119. The molecule has 182 valence electrons. The van der Waals surface area contributed by atoms with E-state index in [-0.39, 0.29) is 30.1 Å². The van der Waals surface area contributed by atoms with E-state index in [1.165, 1.54) is 31.2 Å². The molecule has 0 radical (unpaired) electrons. The van der Waals surface area contributed by atoms with Gasteiger partial charge in [0.1, 0.15) is 29.6 Å². The van der Waals surface area contributed by atoms with Gasteiger partial charge in [-0.2, -0.15) is 12.6 Å². The molecular formula is C23H28N4O6S. The second kappa shape index (κ2) is 12.5. The molecule has 4 amide bonds. The first kappa shape index (κ1) is 26.5.